The highest BCUT2D eigenvalue weighted by molar-refractivity contribution is 5.86. The van der Waals surface area contributed by atoms with Crippen LogP contribution in [0.5, 0.6) is 5.75 Å². The number of carbonyl (C=O) groups excluding carboxylic acids is 1. The van der Waals surface area contributed by atoms with Crippen molar-refractivity contribution < 1.29 is 9.90 Å². The van der Waals surface area contributed by atoms with Crippen molar-refractivity contribution in [1.29, 1.82) is 0 Å². The number of hydrogen-bond acceptors (Lipinski definition) is 5. The van der Waals surface area contributed by atoms with E-state index in [-0.39, 0.29) is 11.7 Å². The number of nitrogens with zero attached hydrogens (tertiary/aromatic N) is 4. The lowest BCUT2D eigenvalue weighted by molar-refractivity contribution is -0.124. The molecule has 2 aromatic carbocycles. The molecule has 116 valence electrons. The van der Waals surface area contributed by atoms with Crippen LogP contribution in [0.3, 0.4) is 0 Å². The molecule has 0 spiro atoms. The zero-order valence-electron chi connectivity index (χ0n) is 12.4. The van der Waals surface area contributed by atoms with Crippen molar-refractivity contribution in [3.05, 3.63) is 54.1 Å². The minimum absolute atomic E-state index is 0.0980. The first kappa shape index (κ1) is 14.7. The summed E-state index contributed by atoms with van der Waals surface area (Å²) in [4.78, 5) is 12.2. The smallest absolute Gasteiger partial charge is 0.264 e. The third kappa shape index (κ3) is 3.03. The molecule has 0 aliphatic heterocycles. The molecule has 0 bridgehead atoms. The summed E-state index contributed by atoms with van der Waals surface area (Å²) in [6, 6.07) is 13.6. The number of para-hydroxylation sites is 2. The second kappa shape index (κ2) is 6.27. The van der Waals surface area contributed by atoms with E-state index in [1.165, 1.54) is 6.21 Å². The van der Waals surface area contributed by atoms with Crippen LogP contribution in [0.15, 0.2) is 53.6 Å². The molecule has 0 aliphatic carbocycles. The number of fused-ring (bicyclic) bond motifs is 1. The minimum Gasteiger partial charge on any atom is -0.507 e. The number of carbonyl (C=O) groups is 1. The Hall–Kier alpha value is -3.22. The van der Waals surface area contributed by atoms with Crippen molar-refractivity contribution >= 4 is 23.2 Å². The molecule has 3 aromatic rings. The molecule has 0 saturated heterocycles. The number of phenols is 1. The molecular weight excluding hydrogens is 294 g/mol. The van der Waals surface area contributed by atoms with Gasteiger partial charge in [-0.3, -0.25) is 4.79 Å². The summed E-state index contributed by atoms with van der Waals surface area (Å²) in [5, 5.41) is 21.5. The number of nitrogens with one attached hydrogen (secondary N) is 1. The van der Waals surface area contributed by atoms with E-state index >= 15 is 0 Å². The predicted molar refractivity (Wildman–Crippen MR) is 86.1 cm³/mol. The van der Waals surface area contributed by atoms with Crippen LogP contribution in [-0.4, -0.2) is 32.2 Å². The maximum Gasteiger partial charge on any atom is 0.264 e. The van der Waals surface area contributed by atoms with Crippen LogP contribution >= 0.6 is 0 Å². The lowest BCUT2D eigenvalue weighted by atomic mass is 10.2. The lowest BCUT2D eigenvalue weighted by Gasteiger charge is -2.10. The van der Waals surface area contributed by atoms with Gasteiger partial charge < -0.3 is 5.11 Å². The number of benzene rings is 2. The molecule has 0 radical (unpaired) electrons. The number of aromatic hydroxyl groups is 1. The minimum atomic E-state index is -0.566. The molecule has 1 amide bonds. The second-order valence-corrected chi connectivity index (χ2v) is 4.99. The van der Waals surface area contributed by atoms with Gasteiger partial charge in [0.05, 0.1) is 11.7 Å². The molecule has 0 aliphatic rings. The van der Waals surface area contributed by atoms with Crippen LogP contribution < -0.4 is 5.43 Å². The molecule has 1 atom stereocenters. The molecule has 1 aromatic heterocycles. The summed E-state index contributed by atoms with van der Waals surface area (Å²) in [6.45, 7) is 1.71. The average molecular weight is 309 g/mol. The molecule has 7 heteroatoms. The normalized spacial score (nSPS) is 12.6. The van der Waals surface area contributed by atoms with Gasteiger partial charge in [-0.1, -0.05) is 29.5 Å². The van der Waals surface area contributed by atoms with Gasteiger partial charge in [0.2, 0.25) is 0 Å². The number of amides is 1. The first-order valence-electron chi connectivity index (χ1n) is 7.07. The Balaban J connectivity index is 1.72. The number of phenolic OH excluding ortho intramolecular Hbond substituents is 1. The van der Waals surface area contributed by atoms with E-state index in [9.17, 15) is 9.90 Å². The van der Waals surface area contributed by atoms with Crippen molar-refractivity contribution in [2.24, 2.45) is 5.10 Å². The zero-order valence-corrected chi connectivity index (χ0v) is 12.4. The summed E-state index contributed by atoms with van der Waals surface area (Å²) in [6.07, 6.45) is 1.39. The fourth-order valence-corrected chi connectivity index (χ4v) is 2.14. The molecule has 3 rings (SSSR count). The Bertz CT molecular complexity index is 872. The summed E-state index contributed by atoms with van der Waals surface area (Å²) in [7, 11) is 0. The Morgan fingerprint density at radius 1 is 1.26 bits per heavy atom. The fourth-order valence-electron chi connectivity index (χ4n) is 2.14. The highest BCUT2D eigenvalue weighted by atomic mass is 16.3. The van der Waals surface area contributed by atoms with E-state index in [0.717, 1.165) is 11.0 Å². The number of aromatic nitrogens is 3. The maximum absolute atomic E-state index is 12.2. The number of hydrogen-bond donors (Lipinski definition) is 2. The third-order valence-corrected chi connectivity index (χ3v) is 3.44. The van der Waals surface area contributed by atoms with E-state index < -0.39 is 6.04 Å². The maximum atomic E-state index is 12.2. The van der Waals surface area contributed by atoms with Crippen molar-refractivity contribution in [1.82, 2.24) is 20.4 Å². The van der Waals surface area contributed by atoms with Crippen LogP contribution in [0.2, 0.25) is 0 Å². The van der Waals surface area contributed by atoms with Crippen LogP contribution in [0.4, 0.5) is 0 Å². The van der Waals surface area contributed by atoms with Gasteiger partial charge in [-0.2, -0.15) is 5.10 Å². The highest BCUT2D eigenvalue weighted by Gasteiger charge is 2.18. The zero-order chi connectivity index (χ0) is 16.2. The quantitative estimate of drug-likeness (QED) is 0.568. The molecular formula is C16H15N5O2. The molecule has 0 unspecified atom stereocenters. The van der Waals surface area contributed by atoms with E-state index in [0.29, 0.717) is 5.56 Å². The topological polar surface area (TPSA) is 92.4 Å². The number of rotatable bonds is 4. The van der Waals surface area contributed by atoms with Gasteiger partial charge in [-0.25, -0.2) is 10.1 Å². The Kier molecular flexibility index (Phi) is 4.01. The van der Waals surface area contributed by atoms with Crippen molar-refractivity contribution in [2.45, 2.75) is 13.0 Å². The van der Waals surface area contributed by atoms with Crippen molar-refractivity contribution in [2.75, 3.05) is 0 Å². The highest BCUT2D eigenvalue weighted by Crippen LogP contribution is 2.15. The first-order valence-corrected chi connectivity index (χ1v) is 7.07. The van der Waals surface area contributed by atoms with E-state index in [1.54, 1.807) is 35.9 Å². The van der Waals surface area contributed by atoms with E-state index in [1.807, 2.05) is 24.3 Å². The summed E-state index contributed by atoms with van der Waals surface area (Å²) in [5.41, 5.74) is 4.47. The third-order valence-electron chi connectivity index (χ3n) is 3.44. The van der Waals surface area contributed by atoms with Gasteiger partial charge in [0, 0.05) is 5.56 Å². The Labute approximate surface area is 132 Å². The molecule has 2 N–H and O–H groups in total. The van der Waals surface area contributed by atoms with E-state index in [4.69, 9.17) is 0 Å². The Morgan fingerprint density at radius 3 is 2.83 bits per heavy atom. The van der Waals surface area contributed by atoms with Gasteiger partial charge in [-0.05, 0) is 31.2 Å². The van der Waals surface area contributed by atoms with Gasteiger partial charge >= 0.3 is 0 Å². The van der Waals surface area contributed by atoms with Crippen LogP contribution in [0, 0.1) is 0 Å². The lowest BCUT2D eigenvalue weighted by Crippen LogP contribution is -2.28. The van der Waals surface area contributed by atoms with Gasteiger partial charge in [0.15, 0.2) is 0 Å². The van der Waals surface area contributed by atoms with Crippen LogP contribution in [0.25, 0.3) is 11.0 Å². The predicted octanol–water partition coefficient (Wildman–Crippen LogP) is 1.85. The van der Waals surface area contributed by atoms with Crippen molar-refractivity contribution in [3.63, 3.8) is 0 Å². The monoisotopic (exact) mass is 309 g/mol. The summed E-state index contributed by atoms with van der Waals surface area (Å²) < 4.78 is 1.54. The largest absolute Gasteiger partial charge is 0.507 e. The van der Waals surface area contributed by atoms with Gasteiger partial charge in [-0.15, -0.1) is 5.10 Å². The average Bonchev–Trinajstić information content (AvgIpc) is 3.00. The number of hydrazone groups is 1. The molecule has 23 heavy (non-hydrogen) atoms. The standard InChI is InChI=1S/C16H15N5O2/c1-11(21-14-8-4-3-7-13(14)18-20-21)16(23)19-17-10-12-6-2-5-9-15(12)22/h2-11,22H,1H3,(H,19,23)/b17-10+/t11-/m0/s1. The van der Waals surface area contributed by atoms with Crippen molar-refractivity contribution in [3.8, 4) is 5.75 Å². The first-order chi connectivity index (χ1) is 11.2. The molecule has 0 saturated carbocycles. The van der Waals surface area contributed by atoms with Gasteiger partial charge in [0.1, 0.15) is 17.3 Å². The molecule has 1 heterocycles. The summed E-state index contributed by atoms with van der Waals surface area (Å²) in [5.74, 6) is -0.229. The fraction of sp³-hybridized carbons (Fsp3) is 0.125. The molecule has 7 nitrogen and oxygen atoms in total. The summed E-state index contributed by atoms with van der Waals surface area (Å²) >= 11 is 0. The SMILES string of the molecule is C[C@@H](C(=O)N/N=C/c1ccccc1O)n1nnc2ccccc21. The second-order valence-electron chi connectivity index (χ2n) is 4.99. The van der Waals surface area contributed by atoms with Gasteiger partial charge in [0.25, 0.3) is 5.91 Å². The van der Waals surface area contributed by atoms with E-state index in [2.05, 4.69) is 20.8 Å². The van der Waals surface area contributed by atoms with Crippen LogP contribution in [-0.2, 0) is 4.79 Å². The van der Waals surface area contributed by atoms with Crippen LogP contribution in [0.1, 0.15) is 18.5 Å². The molecule has 0 fully saturated rings. The Morgan fingerprint density at radius 2 is 2.00 bits per heavy atom.